The third-order valence-electron chi connectivity index (χ3n) is 5.72. The van der Waals surface area contributed by atoms with Crippen molar-refractivity contribution < 1.29 is 14.0 Å². The maximum absolute atomic E-state index is 13.2. The molecule has 0 unspecified atom stereocenters. The van der Waals surface area contributed by atoms with Crippen LogP contribution in [-0.4, -0.2) is 34.4 Å². The first-order valence-electron chi connectivity index (χ1n) is 10.4. The average molecular weight is 426 g/mol. The lowest BCUT2D eigenvalue weighted by molar-refractivity contribution is -0.117. The van der Waals surface area contributed by atoms with Gasteiger partial charge in [0, 0.05) is 31.4 Å². The lowest BCUT2D eigenvalue weighted by Crippen LogP contribution is -2.51. The second kappa shape index (κ2) is 7.85. The van der Waals surface area contributed by atoms with Gasteiger partial charge in [0.1, 0.15) is 5.82 Å². The van der Waals surface area contributed by atoms with Crippen molar-refractivity contribution in [3.8, 4) is 22.5 Å². The van der Waals surface area contributed by atoms with Crippen molar-refractivity contribution in [1.29, 1.82) is 0 Å². The zero-order valence-corrected chi connectivity index (χ0v) is 17.8. The highest BCUT2D eigenvalue weighted by molar-refractivity contribution is 6.10. The van der Waals surface area contributed by atoms with E-state index in [1.807, 2.05) is 49.4 Å². The highest BCUT2D eigenvalue weighted by Crippen LogP contribution is 2.39. The van der Waals surface area contributed by atoms with Crippen LogP contribution >= 0.6 is 0 Å². The van der Waals surface area contributed by atoms with Gasteiger partial charge in [-0.05, 0) is 42.3 Å². The number of anilines is 2. The number of H-pyrrole nitrogens is 1. The van der Waals surface area contributed by atoms with E-state index >= 15 is 0 Å². The number of nitrogens with one attached hydrogen (secondary N) is 1. The van der Waals surface area contributed by atoms with E-state index in [-0.39, 0.29) is 23.6 Å². The molecule has 2 amide bonds. The number of rotatable bonds is 3. The predicted molar refractivity (Wildman–Crippen MR) is 122 cm³/mol. The standard InChI is InChI=1S/C25H22N4O3/c1-16-15-28(25(31)23-4-3-13-32-23)22-14-20(9-10-21(22)29(16)17(2)30)18-5-7-19(8-6-18)24-26-11-12-27-24/h3-14,16H,15H2,1-2H3,(H,26,27)/t16-/m0/s1. The fourth-order valence-electron chi connectivity index (χ4n) is 4.25. The molecule has 0 radical (unpaired) electrons. The largest absolute Gasteiger partial charge is 0.459 e. The van der Waals surface area contributed by atoms with E-state index in [2.05, 4.69) is 9.97 Å². The zero-order chi connectivity index (χ0) is 22.2. The Morgan fingerprint density at radius 2 is 1.78 bits per heavy atom. The molecule has 32 heavy (non-hydrogen) atoms. The Balaban J connectivity index is 1.57. The monoisotopic (exact) mass is 426 g/mol. The number of hydrogen-bond acceptors (Lipinski definition) is 4. The molecule has 4 aromatic rings. The van der Waals surface area contributed by atoms with E-state index in [1.54, 1.807) is 41.2 Å². The molecule has 1 aliphatic rings. The van der Waals surface area contributed by atoms with Crippen LogP contribution in [0.25, 0.3) is 22.5 Å². The van der Waals surface area contributed by atoms with Crippen molar-refractivity contribution in [3.05, 3.63) is 79.0 Å². The normalized spacial score (nSPS) is 15.5. The lowest BCUT2D eigenvalue weighted by Gasteiger charge is -2.40. The third kappa shape index (κ3) is 3.37. The number of benzene rings is 2. The van der Waals surface area contributed by atoms with E-state index in [0.29, 0.717) is 17.9 Å². The minimum Gasteiger partial charge on any atom is -0.459 e. The van der Waals surface area contributed by atoms with Gasteiger partial charge in [-0.15, -0.1) is 0 Å². The van der Waals surface area contributed by atoms with Crippen LogP contribution in [0.1, 0.15) is 24.4 Å². The summed E-state index contributed by atoms with van der Waals surface area (Å²) in [5.74, 6) is 0.798. The topological polar surface area (TPSA) is 82.4 Å². The quantitative estimate of drug-likeness (QED) is 0.513. The number of amides is 2. The van der Waals surface area contributed by atoms with Gasteiger partial charge in [-0.1, -0.05) is 30.3 Å². The van der Waals surface area contributed by atoms with Gasteiger partial charge < -0.3 is 19.2 Å². The second-order valence-corrected chi connectivity index (χ2v) is 7.85. The number of carbonyl (C=O) groups is 2. The summed E-state index contributed by atoms with van der Waals surface area (Å²) >= 11 is 0. The minimum absolute atomic E-state index is 0.0561. The second-order valence-electron chi connectivity index (χ2n) is 7.85. The van der Waals surface area contributed by atoms with Crippen molar-refractivity contribution >= 4 is 23.2 Å². The Morgan fingerprint density at radius 1 is 1.03 bits per heavy atom. The summed E-state index contributed by atoms with van der Waals surface area (Å²) in [5.41, 5.74) is 4.34. The number of hydrogen-bond donors (Lipinski definition) is 1. The van der Waals surface area contributed by atoms with Crippen molar-refractivity contribution in [2.75, 3.05) is 16.3 Å². The molecule has 1 aliphatic heterocycles. The Kier molecular flexibility index (Phi) is 4.86. The summed E-state index contributed by atoms with van der Waals surface area (Å²) in [5, 5.41) is 0. The van der Waals surface area contributed by atoms with E-state index in [9.17, 15) is 9.59 Å². The van der Waals surface area contributed by atoms with Crippen molar-refractivity contribution in [1.82, 2.24) is 9.97 Å². The molecule has 0 spiro atoms. The first-order chi connectivity index (χ1) is 15.5. The maximum atomic E-state index is 13.2. The number of furan rings is 1. The van der Waals surface area contributed by atoms with Crippen LogP contribution in [-0.2, 0) is 4.79 Å². The number of fused-ring (bicyclic) bond motifs is 1. The van der Waals surface area contributed by atoms with E-state index in [1.165, 1.54) is 6.26 Å². The summed E-state index contributed by atoms with van der Waals surface area (Å²) < 4.78 is 5.36. The van der Waals surface area contributed by atoms with E-state index in [4.69, 9.17) is 4.42 Å². The van der Waals surface area contributed by atoms with Gasteiger partial charge in [-0.2, -0.15) is 0 Å². The first kappa shape index (κ1) is 19.8. The smallest absolute Gasteiger partial charge is 0.294 e. The minimum atomic E-state index is -0.225. The molecular weight excluding hydrogens is 404 g/mol. The van der Waals surface area contributed by atoms with Crippen molar-refractivity contribution in [2.24, 2.45) is 0 Å². The molecule has 0 saturated carbocycles. The zero-order valence-electron chi connectivity index (χ0n) is 17.8. The third-order valence-corrected chi connectivity index (χ3v) is 5.72. The van der Waals surface area contributed by atoms with Crippen LogP contribution in [0.4, 0.5) is 11.4 Å². The van der Waals surface area contributed by atoms with Crippen LogP contribution in [0.2, 0.25) is 0 Å². The van der Waals surface area contributed by atoms with Gasteiger partial charge >= 0.3 is 0 Å². The summed E-state index contributed by atoms with van der Waals surface area (Å²) in [4.78, 5) is 36.4. The van der Waals surface area contributed by atoms with Crippen molar-refractivity contribution in [2.45, 2.75) is 19.9 Å². The molecule has 0 saturated heterocycles. The number of carbonyl (C=O) groups excluding carboxylic acids is 2. The van der Waals surface area contributed by atoms with Gasteiger partial charge in [0.05, 0.1) is 23.7 Å². The van der Waals surface area contributed by atoms with Crippen LogP contribution in [0.3, 0.4) is 0 Å². The molecule has 3 heterocycles. The number of aromatic nitrogens is 2. The van der Waals surface area contributed by atoms with Gasteiger partial charge in [0.25, 0.3) is 5.91 Å². The van der Waals surface area contributed by atoms with Gasteiger partial charge in [-0.25, -0.2) is 4.98 Å². The predicted octanol–water partition coefficient (Wildman–Crippen LogP) is 4.74. The molecule has 0 aliphatic carbocycles. The Morgan fingerprint density at radius 3 is 2.44 bits per heavy atom. The van der Waals surface area contributed by atoms with E-state index in [0.717, 1.165) is 22.5 Å². The maximum Gasteiger partial charge on any atom is 0.294 e. The molecule has 0 fully saturated rings. The molecule has 0 bridgehead atoms. The number of nitrogens with zero attached hydrogens (tertiary/aromatic N) is 3. The van der Waals surface area contributed by atoms with Crippen LogP contribution in [0.5, 0.6) is 0 Å². The Labute approximate surface area is 185 Å². The Bertz CT molecular complexity index is 1260. The molecule has 5 rings (SSSR count). The van der Waals surface area contributed by atoms with Crippen LogP contribution < -0.4 is 9.80 Å². The fraction of sp³-hybridized carbons (Fsp3) is 0.160. The van der Waals surface area contributed by atoms with Crippen LogP contribution in [0, 0.1) is 0 Å². The molecule has 160 valence electrons. The molecule has 1 atom stereocenters. The summed E-state index contributed by atoms with van der Waals surface area (Å²) in [6.07, 6.45) is 5.00. The summed E-state index contributed by atoms with van der Waals surface area (Å²) in [6.45, 7) is 3.87. The van der Waals surface area contributed by atoms with Crippen molar-refractivity contribution in [3.63, 3.8) is 0 Å². The number of imidazole rings is 1. The number of aromatic amines is 1. The van der Waals surface area contributed by atoms with Gasteiger partial charge in [0.15, 0.2) is 5.76 Å². The highest BCUT2D eigenvalue weighted by atomic mass is 16.3. The molecule has 1 N–H and O–H groups in total. The lowest BCUT2D eigenvalue weighted by atomic mass is 9.99. The van der Waals surface area contributed by atoms with E-state index < -0.39 is 0 Å². The SMILES string of the molecule is CC(=O)N1c2ccc(-c3ccc(-c4ncc[nH]4)cc3)cc2N(C(=O)c2ccco2)C[C@@H]1C. The molecule has 7 nitrogen and oxygen atoms in total. The van der Waals surface area contributed by atoms with Crippen LogP contribution in [0.15, 0.2) is 77.7 Å². The van der Waals surface area contributed by atoms with Gasteiger partial charge in [-0.3, -0.25) is 9.59 Å². The summed E-state index contributed by atoms with van der Waals surface area (Å²) in [6, 6.07) is 17.1. The first-order valence-corrected chi connectivity index (χ1v) is 10.4. The Hall–Kier alpha value is -4.13. The summed E-state index contributed by atoms with van der Waals surface area (Å²) in [7, 11) is 0. The molecule has 2 aromatic carbocycles. The fourth-order valence-corrected chi connectivity index (χ4v) is 4.25. The molecular formula is C25H22N4O3. The average Bonchev–Trinajstić information content (AvgIpc) is 3.52. The molecule has 7 heteroatoms. The van der Waals surface area contributed by atoms with Gasteiger partial charge in [0.2, 0.25) is 5.91 Å². The molecule has 2 aromatic heterocycles. The highest BCUT2D eigenvalue weighted by Gasteiger charge is 2.34.